The molecule has 30 heavy (non-hydrogen) atoms. The highest BCUT2D eigenvalue weighted by atomic mass is 79.9. The van der Waals surface area contributed by atoms with Gasteiger partial charge >= 0.3 is 0 Å². The van der Waals surface area contributed by atoms with E-state index < -0.39 is 0 Å². The molecule has 4 aromatic rings. The highest BCUT2D eigenvalue weighted by Crippen LogP contribution is 2.32. The number of rotatable bonds is 6. The zero-order chi connectivity index (χ0) is 20.9. The number of hydrogen-bond donors (Lipinski definition) is 1. The maximum absolute atomic E-state index is 12.5. The van der Waals surface area contributed by atoms with Crippen LogP contribution in [-0.2, 0) is 4.79 Å². The summed E-state index contributed by atoms with van der Waals surface area (Å²) in [7, 11) is 0. The highest BCUT2D eigenvalue weighted by molar-refractivity contribution is 9.11. The molecule has 4 rings (SSSR count). The summed E-state index contributed by atoms with van der Waals surface area (Å²) in [5, 5.41) is 12.4. The van der Waals surface area contributed by atoms with E-state index in [-0.39, 0.29) is 11.7 Å². The van der Waals surface area contributed by atoms with E-state index in [1.165, 1.54) is 11.8 Å². The first-order valence-electron chi connectivity index (χ1n) is 9.06. The third kappa shape index (κ3) is 4.66. The molecular formula is C22H16Br2N4OS. The van der Waals surface area contributed by atoms with Gasteiger partial charge in [0.05, 0.1) is 11.4 Å². The van der Waals surface area contributed by atoms with Crippen molar-refractivity contribution < 1.29 is 4.79 Å². The van der Waals surface area contributed by atoms with Gasteiger partial charge in [-0.05, 0) is 46.3 Å². The number of thioether (sulfide) groups is 1. The number of halogens is 2. The van der Waals surface area contributed by atoms with Gasteiger partial charge in [-0.25, -0.2) is 0 Å². The number of carbonyl (C=O) groups is 1. The summed E-state index contributed by atoms with van der Waals surface area (Å²) in [6, 6.07) is 25.3. The molecular weight excluding hydrogens is 528 g/mol. The number of nitrogens with one attached hydrogen (secondary N) is 1. The molecule has 0 radical (unpaired) electrons. The number of benzene rings is 3. The van der Waals surface area contributed by atoms with E-state index >= 15 is 0 Å². The van der Waals surface area contributed by atoms with Gasteiger partial charge in [0.2, 0.25) is 5.91 Å². The quantitative estimate of drug-likeness (QED) is 0.294. The second-order valence-corrected chi connectivity index (χ2v) is 8.92. The Morgan fingerprint density at radius 3 is 2.27 bits per heavy atom. The lowest BCUT2D eigenvalue weighted by Crippen LogP contribution is -2.15. The van der Waals surface area contributed by atoms with Crippen LogP contribution >= 0.6 is 43.6 Å². The summed E-state index contributed by atoms with van der Waals surface area (Å²) >= 11 is 8.39. The zero-order valence-corrected chi connectivity index (χ0v) is 19.6. The zero-order valence-electron chi connectivity index (χ0n) is 15.6. The number of anilines is 1. The van der Waals surface area contributed by atoms with E-state index in [1.54, 1.807) is 0 Å². The first-order valence-corrected chi connectivity index (χ1v) is 11.6. The standard InChI is InChI=1S/C22H16Br2N4OS/c23-17-11-5-4-10-16(17)21-26-27-22(28(21)15-8-2-1-3-9-15)30-14-20(29)25-19-13-7-6-12-18(19)24/h1-13H,14H2,(H,25,29). The van der Waals surface area contributed by atoms with E-state index in [4.69, 9.17) is 0 Å². The van der Waals surface area contributed by atoms with Gasteiger partial charge in [0.1, 0.15) is 0 Å². The van der Waals surface area contributed by atoms with Gasteiger partial charge in [-0.15, -0.1) is 10.2 Å². The van der Waals surface area contributed by atoms with E-state index in [0.717, 1.165) is 25.9 Å². The molecule has 0 aliphatic carbocycles. The van der Waals surface area contributed by atoms with Crippen LogP contribution in [0.4, 0.5) is 5.69 Å². The number of hydrogen-bond acceptors (Lipinski definition) is 4. The fourth-order valence-electron chi connectivity index (χ4n) is 2.87. The fraction of sp³-hybridized carbons (Fsp3) is 0.0455. The van der Waals surface area contributed by atoms with Crippen LogP contribution in [0.15, 0.2) is 93.0 Å². The number of para-hydroxylation sites is 2. The molecule has 0 bridgehead atoms. The Balaban J connectivity index is 1.61. The molecule has 0 atom stereocenters. The Bertz CT molecular complexity index is 1180. The second-order valence-electron chi connectivity index (χ2n) is 6.27. The molecule has 1 N–H and O–H groups in total. The Hall–Kier alpha value is -2.42. The van der Waals surface area contributed by atoms with Gasteiger partial charge in [-0.1, -0.05) is 76.2 Å². The maximum Gasteiger partial charge on any atom is 0.234 e. The van der Waals surface area contributed by atoms with Crippen molar-refractivity contribution in [2.24, 2.45) is 0 Å². The van der Waals surface area contributed by atoms with Gasteiger partial charge < -0.3 is 5.32 Å². The van der Waals surface area contributed by atoms with Crippen LogP contribution in [-0.4, -0.2) is 26.4 Å². The Kier molecular flexibility index (Phi) is 6.66. The van der Waals surface area contributed by atoms with E-state index in [9.17, 15) is 4.79 Å². The highest BCUT2D eigenvalue weighted by Gasteiger charge is 2.18. The first kappa shape index (κ1) is 20.8. The van der Waals surface area contributed by atoms with Crippen LogP contribution in [0.25, 0.3) is 17.1 Å². The topological polar surface area (TPSA) is 59.8 Å². The monoisotopic (exact) mass is 542 g/mol. The number of aromatic nitrogens is 3. The smallest absolute Gasteiger partial charge is 0.234 e. The van der Waals surface area contributed by atoms with Gasteiger partial charge in [-0.2, -0.15) is 0 Å². The van der Waals surface area contributed by atoms with Crippen molar-refractivity contribution in [3.05, 3.63) is 87.8 Å². The van der Waals surface area contributed by atoms with Gasteiger partial charge in [0.15, 0.2) is 11.0 Å². The van der Waals surface area contributed by atoms with E-state index in [0.29, 0.717) is 11.0 Å². The van der Waals surface area contributed by atoms with Crippen molar-refractivity contribution in [3.8, 4) is 17.1 Å². The van der Waals surface area contributed by atoms with Crippen molar-refractivity contribution in [2.75, 3.05) is 11.1 Å². The van der Waals surface area contributed by atoms with Crippen molar-refractivity contribution in [1.29, 1.82) is 0 Å². The third-order valence-corrected chi connectivity index (χ3v) is 6.55. The van der Waals surface area contributed by atoms with Crippen molar-refractivity contribution >= 4 is 55.2 Å². The first-order chi connectivity index (χ1) is 14.6. The molecule has 0 fully saturated rings. The van der Waals surface area contributed by atoms with Crippen LogP contribution in [0.5, 0.6) is 0 Å². The summed E-state index contributed by atoms with van der Waals surface area (Å²) < 4.78 is 3.74. The van der Waals surface area contributed by atoms with E-state index in [1.807, 2.05) is 83.4 Å². The summed E-state index contributed by atoms with van der Waals surface area (Å²) in [4.78, 5) is 12.5. The van der Waals surface area contributed by atoms with Gasteiger partial charge in [0.25, 0.3) is 0 Å². The van der Waals surface area contributed by atoms with Crippen LogP contribution in [0.3, 0.4) is 0 Å². The van der Waals surface area contributed by atoms with Crippen molar-refractivity contribution in [3.63, 3.8) is 0 Å². The molecule has 0 saturated heterocycles. The molecule has 0 aliphatic rings. The number of nitrogens with zero attached hydrogens (tertiary/aromatic N) is 3. The summed E-state index contributed by atoms with van der Waals surface area (Å²) in [5.41, 5.74) is 2.60. The molecule has 150 valence electrons. The lowest BCUT2D eigenvalue weighted by atomic mass is 10.2. The Labute approximate surface area is 195 Å². The average molecular weight is 544 g/mol. The average Bonchev–Trinajstić information content (AvgIpc) is 3.18. The minimum atomic E-state index is -0.114. The SMILES string of the molecule is O=C(CSc1nnc(-c2ccccc2Br)n1-c1ccccc1)Nc1ccccc1Br. The summed E-state index contributed by atoms with van der Waals surface area (Å²) in [6.45, 7) is 0. The van der Waals surface area contributed by atoms with Crippen LogP contribution in [0.1, 0.15) is 0 Å². The van der Waals surface area contributed by atoms with Crippen LogP contribution in [0.2, 0.25) is 0 Å². The molecule has 8 heteroatoms. The van der Waals surface area contributed by atoms with Crippen molar-refractivity contribution in [1.82, 2.24) is 14.8 Å². The molecule has 0 unspecified atom stereocenters. The lowest BCUT2D eigenvalue weighted by Gasteiger charge is -2.11. The van der Waals surface area contributed by atoms with E-state index in [2.05, 4.69) is 47.4 Å². The predicted octanol–water partition coefficient (Wildman–Crippen LogP) is 6.19. The molecule has 1 heterocycles. The van der Waals surface area contributed by atoms with Crippen LogP contribution in [0, 0.1) is 0 Å². The second kappa shape index (κ2) is 9.59. The lowest BCUT2D eigenvalue weighted by molar-refractivity contribution is -0.113. The number of carbonyl (C=O) groups excluding carboxylic acids is 1. The molecule has 0 aliphatic heterocycles. The molecule has 3 aromatic carbocycles. The maximum atomic E-state index is 12.5. The predicted molar refractivity (Wildman–Crippen MR) is 128 cm³/mol. The summed E-state index contributed by atoms with van der Waals surface area (Å²) in [5.74, 6) is 0.807. The van der Waals surface area contributed by atoms with Gasteiger partial charge in [0, 0.05) is 20.2 Å². The number of amides is 1. The Morgan fingerprint density at radius 1 is 0.867 bits per heavy atom. The molecule has 0 saturated carbocycles. The minimum absolute atomic E-state index is 0.114. The molecule has 1 aromatic heterocycles. The van der Waals surface area contributed by atoms with Gasteiger partial charge in [-0.3, -0.25) is 9.36 Å². The van der Waals surface area contributed by atoms with Crippen molar-refractivity contribution in [2.45, 2.75) is 5.16 Å². The Morgan fingerprint density at radius 2 is 1.53 bits per heavy atom. The molecule has 1 amide bonds. The third-order valence-electron chi connectivity index (χ3n) is 4.24. The van der Waals surface area contributed by atoms with Crippen LogP contribution < -0.4 is 5.32 Å². The molecule has 0 spiro atoms. The normalized spacial score (nSPS) is 10.7. The fourth-order valence-corrected chi connectivity index (χ4v) is 4.47. The molecule has 5 nitrogen and oxygen atoms in total. The largest absolute Gasteiger partial charge is 0.324 e. The minimum Gasteiger partial charge on any atom is -0.324 e. The summed E-state index contributed by atoms with van der Waals surface area (Å²) in [6.07, 6.45) is 0.